The summed E-state index contributed by atoms with van der Waals surface area (Å²) in [5.41, 5.74) is 6.79. The van der Waals surface area contributed by atoms with E-state index in [-0.39, 0.29) is 5.91 Å². The molecular formula is C24H23N3OS. The number of rotatable bonds is 4. The van der Waals surface area contributed by atoms with E-state index in [0.29, 0.717) is 5.56 Å². The van der Waals surface area contributed by atoms with E-state index in [1.807, 2.05) is 68.4 Å². The van der Waals surface area contributed by atoms with Gasteiger partial charge in [-0.15, -0.1) is 11.3 Å². The van der Waals surface area contributed by atoms with E-state index in [4.69, 9.17) is 4.98 Å². The van der Waals surface area contributed by atoms with Gasteiger partial charge in [0.25, 0.3) is 5.91 Å². The minimum Gasteiger partial charge on any atom is -0.378 e. The average molecular weight is 402 g/mol. The molecule has 1 heterocycles. The SMILES string of the molecule is Cc1ccc2nc(-c3ccc(NC(=O)c4ccc(N(C)C)cc4C)cc3)sc2c1. The fourth-order valence-electron chi connectivity index (χ4n) is 3.23. The van der Waals surface area contributed by atoms with Gasteiger partial charge in [-0.1, -0.05) is 6.07 Å². The summed E-state index contributed by atoms with van der Waals surface area (Å²) in [5.74, 6) is -0.101. The molecule has 3 aromatic carbocycles. The van der Waals surface area contributed by atoms with Gasteiger partial charge in [0.05, 0.1) is 10.2 Å². The summed E-state index contributed by atoms with van der Waals surface area (Å²) in [5, 5.41) is 3.98. The molecule has 29 heavy (non-hydrogen) atoms. The standard InChI is InChI=1S/C24H23N3OS/c1-15-5-12-21-22(13-15)29-24(26-21)17-6-8-18(9-7-17)25-23(28)20-11-10-19(27(3)4)14-16(20)2/h5-14H,1-4H3,(H,25,28). The molecule has 0 bridgehead atoms. The molecule has 0 radical (unpaired) electrons. The van der Waals surface area contributed by atoms with Crippen LogP contribution < -0.4 is 10.2 Å². The highest BCUT2D eigenvalue weighted by Crippen LogP contribution is 2.31. The van der Waals surface area contributed by atoms with Crippen molar-refractivity contribution in [2.24, 2.45) is 0 Å². The number of anilines is 2. The summed E-state index contributed by atoms with van der Waals surface area (Å²) in [4.78, 5) is 19.4. The maximum atomic E-state index is 12.7. The largest absolute Gasteiger partial charge is 0.378 e. The Balaban J connectivity index is 1.52. The quantitative estimate of drug-likeness (QED) is 0.463. The molecule has 1 aromatic heterocycles. The Morgan fingerprint density at radius 3 is 2.41 bits per heavy atom. The molecule has 4 rings (SSSR count). The van der Waals surface area contributed by atoms with E-state index < -0.39 is 0 Å². The second-order valence-corrected chi connectivity index (χ2v) is 8.45. The topological polar surface area (TPSA) is 45.2 Å². The molecule has 4 nitrogen and oxygen atoms in total. The van der Waals surface area contributed by atoms with Gasteiger partial charge in [-0.05, 0) is 79.6 Å². The molecule has 0 saturated carbocycles. The van der Waals surface area contributed by atoms with Crippen molar-refractivity contribution in [2.45, 2.75) is 13.8 Å². The lowest BCUT2D eigenvalue weighted by molar-refractivity contribution is 0.102. The fraction of sp³-hybridized carbons (Fsp3) is 0.167. The zero-order valence-corrected chi connectivity index (χ0v) is 17.8. The normalized spacial score (nSPS) is 10.9. The Labute approximate surface area is 174 Å². The van der Waals surface area contributed by atoms with E-state index in [2.05, 4.69) is 30.4 Å². The Bertz CT molecular complexity index is 1190. The minimum absolute atomic E-state index is 0.101. The molecule has 0 fully saturated rings. The van der Waals surface area contributed by atoms with Crippen molar-refractivity contribution in [3.63, 3.8) is 0 Å². The van der Waals surface area contributed by atoms with Gasteiger partial charge >= 0.3 is 0 Å². The lowest BCUT2D eigenvalue weighted by Gasteiger charge is -2.15. The Hall–Kier alpha value is -3.18. The first-order valence-electron chi connectivity index (χ1n) is 9.48. The number of hydrogen-bond donors (Lipinski definition) is 1. The molecule has 5 heteroatoms. The maximum Gasteiger partial charge on any atom is 0.255 e. The van der Waals surface area contributed by atoms with Crippen molar-refractivity contribution in [1.29, 1.82) is 0 Å². The Kier molecular flexibility index (Phi) is 5.07. The molecule has 0 unspecified atom stereocenters. The lowest BCUT2D eigenvalue weighted by atomic mass is 10.1. The van der Waals surface area contributed by atoms with E-state index in [1.165, 1.54) is 10.3 Å². The number of carbonyl (C=O) groups is 1. The summed E-state index contributed by atoms with van der Waals surface area (Å²) in [6.07, 6.45) is 0. The van der Waals surface area contributed by atoms with Crippen LogP contribution in [-0.4, -0.2) is 25.0 Å². The molecule has 0 aliphatic carbocycles. The zero-order valence-electron chi connectivity index (χ0n) is 17.0. The zero-order chi connectivity index (χ0) is 20.5. The lowest BCUT2D eigenvalue weighted by Crippen LogP contribution is -2.14. The van der Waals surface area contributed by atoms with Gasteiger partial charge in [-0.2, -0.15) is 0 Å². The second-order valence-electron chi connectivity index (χ2n) is 7.42. The highest BCUT2D eigenvalue weighted by atomic mass is 32.1. The first-order chi connectivity index (χ1) is 13.9. The highest BCUT2D eigenvalue weighted by molar-refractivity contribution is 7.21. The number of aryl methyl sites for hydroxylation is 2. The van der Waals surface area contributed by atoms with Crippen LogP contribution >= 0.6 is 11.3 Å². The first-order valence-corrected chi connectivity index (χ1v) is 10.3. The molecule has 4 aromatic rings. The maximum absolute atomic E-state index is 12.7. The molecule has 0 aliphatic rings. The number of nitrogens with zero attached hydrogens (tertiary/aromatic N) is 2. The van der Waals surface area contributed by atoms with E-state index >= 15 is 0 Å². The number of fused-ring (bicyclic) bond motifs is 1. The van der Waals surface area contributed by atoms with E-state index in [0.717, 1.165) is 33.0 Å². The van der Waals surface area contributed by atoms with Gasteiger partial charge in [0.15, 0.2) is 0 Å². The predicted octanol–water partition coefficient (Wildman–Crippen LogP) is 5.90. The number of thiazole rings is 1. The van der Waals surface area contributed by atoms with Crippen LogP contribution in [0.4, 0.5) is 11.4 Å². The number of benzene rings is 3. The third-order valence-electron chi connectivity index (χ3n) is 4.90. The summed E-state index contributed by atoms with van der Waals surface area (Å²) < 4.78 is 1.19. The predicted molar refractivity (Wildman–Crippen MR) is 123 cm³/mol. The number of carbonyl (C=O) groups excluding carboxylic acids is 1. The molecule has 146 valence electrons. The Morgan fingerprint density at radius 1 is 0.966 bits per heavy atom. The number of amides is 1. The van der Waals surface area contributed by atoms with Crippen LogP contribution in [0.25, 0.3) is 20.8 Å². The minimum atomic E-state index is -0.101. The van der Waals surface area contributed by atoms with Crippen LogP contribution in [-0.2, 0) is 0 Å². The van der Waals surface area contributed by atoms with Crippen LogP contribution in [0.2, 0.25) is 0 Å². The van der Waals surface area contributed by atoms with Gasteiger partial charge < -0.3 is 10.2 Å². The van der Waals surface area contributed by atoms with Crippen LogP contribution in [0, 0.1) is 13.8 Å². The van der Waals surface area contributed by atoms with Crippen molar-refractivity contribution in [1.82, 2.24) is 4.98 Å². The molecule has 0 aliphatic heterocycles. The van der Waals surface area contributed by atoms with Crippen LogP contribution in [0.3, 0.4) is 0 Å². The number of hydrogen-bond acceptors (Lipinski definition) is 4. The van der Waals surface area contributed by atoms with Crippen molar-refractivity contribution in [2.75, 3.05) is 24.3 Å². The summed E-state index contributed by atoms with van der Waals surface area (Å²) in [7, 11) is 3.98. The van der Waals surface area contributed by atoms with Crippen molar-refractivity contribution < 1.29 is 4.79 Å². The van der Waals surface area contributed by atoms with E-state index in [1.54, 1.807) is 11.3 Å². The third kappa shape index (κ3) is 4.00. The van der Waals surface area contributed by atoms with Gasteiger partial charge in [-0.3, -0.25) is 4.79 Å². The first kappa shape index (κ1) is 19.2. The number of nitrogens with one attached hydrogen (secondary N) is 1. The molecule has 0 spiro atoms. The summed E-state index contributed by atoms with van der Waals surface area (Å²) in [6, 6.07) is 20.0. The molecular weight excluding hydrogens is 378 g/mol. The summed E-state index contributed by atoms with van der Waals surface area (Å²) in [6.45, 7) is 4.05. The van der Waals surface area contributed by atoms with Crippen molar-refractivity contribution in [3.05, 3.63) is 77.4 Å². The third-order valence-corrected chi connectivity index (χ3v) is 5.97. The molecule has 1 amide bonds. The average Bonchev–Trinajstić information content (AvgIpc) is 3.11. The van der Waals surface area contributed by atoms with Gasteiger partial charge in [-0.25, -0.2) is 4.98 Å². The van der Waals surface area contributed by atoms with Gasteiger partial charge in [0, 0.05) is 36.6 Å². The monoisotopic (exact) mass is 401 g/mol. The van der Waals surface area contributed by atoms with E-state index in [9.17, 15) is 4.79 Å². The van der Waals surface area contributed by atoms with Gasteiger partial charge in [0.1, 0.15) is 5.01 Å². The Morgan fingerprint density at radius 2 is 1.72 bits per heavy atom. The smallest absolute Gasteiger partial charge is 0.255 e. The molecule has 1 N–H and O–H groups in total. The van der Waals surface area contributed by atoms with Crippen LogP contribution in [0.5, 0.6) is 0 Å². The van der Waals surface area contributed by atoms with Crippen LogP contribution in [0.15, 0.2) is 60.7 Å². The fourth-order valence-corrected chi connectivity index (χ4v) is 4.30. The van der Waals surface area contributed by atoms with Crippen LogP contribution in [0.1, 0.15) is 21.5 Å². The van der Waals surface area contributed by atoms with Crippen molar-refractivity contribution >= 4 is 38.8 Å². The second kappa shape index (κ2) is 7.68. The van der Waals surface area contributed by atoms with Gasteiger partial charge in [0.2, 0.25) is 0 Å². The van der Waals surface area contributed by atoms with Crippen molar-refractivity contribution in [3.8, 4) is 10.6 Å². The molecule has 0 atom stereocenters. The number of aromatic nitrogens is 1. The molecule has 0 saturated heterocycles. The summed E-state index contributed by atoms with van der Waals surface area (Å²) >= 11 is 1.68. The highest BCUT2D eigenvalue weighted by Gasteiger charge is 2.11.